The number of halogens is 1. The highest BCUT2D eigenvalue weighted by atomic mass is 19.1. The van der Waals surface area contributed by atoms with Crippen LogP contribution in [0, 0.1) is 12.7 Å². The number of carbonyl (C=O) groups excluding carboxylic acids is 1. The molecule has 0 aliphatic carbocycles. The van der Waals surface area contributed by atoms with E-state index in [9.17, 15) is 9.18 Å². The predicted molar refractivity (Wildman–Crippen MR) is 106 cm³/mol. The topological polar surface area (TPSA) is 42.4 Å². The van der Waals surface area contributed by atoms with Gasteiger partial charge in [0.1, 0.15) is 11.6 Å². The standard InChI is InChI=1S/C23H23FN2O2/c1-17-6-3-4-8-20(17)16-26(15-19-7-5-13-25-14-19)23(27)18(2)28-22-11-9-21(24)10-12-22/h3-14,18H,15-16H2,1-2H3/t18-/m1/s1. The number of hydrogen-bond donors (Lipinski definition) is 0. The van der Waals surface area contributed by atoms with Gasteiger partial charge in [0.05, 0.1) is 0 Å². The van der Waals surface area contributed by atoms with Crippen molar-refractivity contribution >= 4 is 5.91 Å². The first-order valence-electron chi connectivity index (χ1n) is 9.17. The molecule has 0 unspecified atom stereocenters. The van der Waals surface area contributed by atoms with Crippen LogP contribution in [0.1, 0.15) is 23.6 Å². The summed E-state index contributed by atoms with van der Waals surface area (Å²) in [4.78, 5) is 19.0. The van der Waals surface area contributed by atoms with Crippen molar-refractivity contribution in [2.75, 3.05) is 0 Å². The molecule has 1 heterocycles. The zero-order valence-corrected chi connectivity index (χ0v) is 16.0. The second kappa shape index (κ2) is 9.13. The van der Waals surface area contributed by atoms with Crippen LogP contribution < -0.4 is 4.74 Å². The fourth-order valence-electron chi connectivity index (χ4n) is 2.94. The van der Waals surface area contributed by atoms with Crippen molar-refractivity contribution in [2.45, 2.75) is 33.0 Å². The Morgan fingerprint density at radius 3 is 2.50 bits per heavy atom. The van der Waals surface area contributed by atoms with Crippen LogP contribution in [0.3, 0.4) is 0 Å². The largest absolute Gasteiger partial charge is 0.481 e. The lowest BCUT2D eigenvalue weighted by Crippen LogP contribution is -2.39. The van der Waals surface area contributed by atoms with Crippen LogP contribution in [-0.4, -0.2) is 21.9 Å². The van der Waals surface area contributed by atoms with Crippen LogP contribution in [0.25, 0.3) is 0 Å². The zero-order valence-electron chi connectivity index (χ0n) is 16.0. The van der Waals surface area contributed by atoms with Crippen molar-refractivity contribution in [2.24, 2.45) is 0 Å². The van der Waals surface area contributed by atoms with E-state index in [1.807, 2.05) is 43.3 Å². The summed E-state index contributed by atoms with van der Waals surface area (Å²) in [5, 5.41) is 0. The molecular weight excluding hydrogens is 355 g/mol. The van der Waals surface area contributed by atoms with E-state index < -0.39 is 6.10 Å². The number of nitrogens with zero attached hydrogens (tertiary/aromatic N) is 2. The van der Waals surface area contributed by atoms with Gasteiger partial charge < -0.3 is 9.64 Å². The molecule has 3 aromatic rings. The molecule has 0 fully saturated rings. The minimum absolute atomic E-state index is 0.142. The highest BCUT2D eigenvalue weighted by molar-refractivity contribution is 5.81. The van der Waals surface area contributed by atoms with Crippen molar-refractivity contribution in [3.8, 4) is 5.75 Å². The van der Waals surface area contributed by atoms with Gasteiger partial charge in [0.2, 0.25) is 0 Å². The van der Waals surface area contributed by atoms with E-state index >= 15 is 0 Å². The Morgan fingerprint density at radius 2 is 1.82 bits per heavy atom. The van der Waals surface area contributed by atoms with E-state index in [2.05, 4.69) is 4.98 Å². The summed E-state index contributed by atoms with van der Waals surface area (Å²) >= 11 is 0. The number of carbonyl (C=O) groups is 1. The number of benzene rings is 2. The van der Waals surface area contributed by atoms with Gasteiger partial charge in [0.25, 0.3) is 5.91 Å². The predicted octanol–water partition coefficient (Wildman–Crippen LogP) is 4.53. The van der Waals surface area contributed by atoms with E-state index in [4.69, 9.17) is 4.74 Å². The van der Waals surface area contributed by atoms with Crippen LogP contribution >= 0.6 is 0 Å². The van der Waals surface area contributed by atoms with Crippen LogP contribution in [0.4, 0.5) is 4.39 Å². The van der Waals surface area contributed by atoms with Crippen LogP contribution in [0.2, 0.25) is 0 Å². The van der Waals surface area contributed by atoms with Crippen molar-refractivity contribution in [1.29, 1.82) is 0 Å². The molecule has 0 N–H and O–H groups in total. The van der Waals surface area contributed by atoms with E-state index in [-0.39, 0.29) is 11.7 Å². The Balaban J connectivity index is 1.78. The monoisotopic (exact) mass is 378 g/mol. The molecule has 28 heavy (non-hydrogen) atoms. The molecule has 5 heteroatoms. The second-order valence-corrected chi connectivity index (χ2v) is 6.70. The van der Waals surface area contributed by atoms with Gasteiger partial charge in [-0.15, -0.1) is 0 Å². The smallest absolute Gasteiger partial charge is 0.263 e. The van der Waals surface area contributed by atoms with Gasteiger partial charge in [-0.25, -0.2) is 4.39 Å². The van der Waals surface area contributed by atoms with Gasteiger partial charge in [-0.1, -0.05) is 30.3 Å². The maximum absolute atomic E-state index is 13.1. The minimum Gasteiger partial charge on any atom is -0.481 e. The molecule has 0 saturated heterocycles. The molecule has 1 amide bonds. The SMILES string of the molecule is Cc1ccccc1CN(Cc1cccnc1)C(=O)[C@@H](C)Oc1ccc(F)cc1. The molecule has 3 rings (SSSR count). The van der Waals surface area contributed by atoms with Gasteiger partial charge in [0, 0.05) is 25.5 Å². The van der Waals surface area contributed by atoms with Gasteiger partial charge in [-0.05, 0) is 60.9 Å². The highest BCUT2D eigenvalue weighted by Gasteiger charge is 2.23. The van der Waals surface area contributed by atoms with Crippen molar-refractivity contribution < 1.29 is 13.9 Å². The summed E-state index contributed by atoms with van der Waals surface area (Å²) in [6, 6.07) is 17.4. The number of pyridine rings is 1. The first kappa shape index (κ1) is 19.5. The Bertz CT molecular complexity index is 913. The third-order valence-corrected chi connectivity index (χ3v) is 4.50. The van der Waals surface area contributed by atoms with Crippen molar-refractivity contribution in [3.05, 3.63) is 95.6 Å². The van der Waals surface area contributed by atoms with Gasteiger partial charge in [-0.3, -0.25) is 9.78 Å². The molecule has 0 aliphatic rings. The minimum atomic E-state index is -0.703. The lowest BCUT2D eigenvalue weighted by molar-refractivity contribution is -0.139. The summed E-state index contributed by atoms with van der Waals surface area (Å²) in [5.74, 6) is -0.0278. The Morgan fingerprint density at radius 1 is 1.07 bits per heavy atom. The van der Waals surface area contributed by atoms with Crippen molar-refractivity contribution in [3.63, 3.8) is 0 Å². The highest BCUT2D eigenvalue weighted by Crippen LogP contribution is 2.18. The van der Waals surface area contributed by atoms with Gasteiger partial charge in [-0.2, -0.15) is 0 Å². The normalized spacial score (nSPS) is 11.7. The van der Waals surface area contributed by atoms with E-state index in [0.29, 0.717) is 18.8 Å². The fraction of sp³-hybridized carbons (Fsp3) is 0.217. The quantitative estimate of drug-likeness (QED) is 0.607. The summed E-state index contributed by atoms with van der Waals surface area (Å²) in [5.41, 5.74) is 3.14. The molecular formula is C23H23FN2O2. The van der Waals surface area contributed by atoms with Crippen molar-refractivity contribution in [1.82, 2.24) is 9.88 Å². The maximum atomic E-state index is 13.1. The number of aromatic nitrogens is 1. The third kappa shape index (κ3) is 5.16. The molecule has 0 aliphatic heterocycles. The molecule has 144 valence electrons. The number of ether oxygens (including phenoxy) is 1. The molecule has 2 aromatic carbocycles. The van der Waals surface area contributed by atoms with Gasteiger partial charge in [0.15, 0.2) is 6.10 Å². The zero-order chi connectivity index (χ0) is 19.9. The molecule has 0 saturated carbocycles. The van der Waals surface area contributed by atoms with E-state index in [1.165, 1.54) is 24.3 Å². The van der Waals surface area contributed by atoms with Crippen LogP contribution in [0.5, 0.6) is 5.75 Å². The first-order valence-corrected chi connectivity index (χ1v) is 9.17. The molecule has 0 bridgehead atoms. The van der Waals surface area contributed by atoms with E-state index in [1.54, 1.807) is 24.2 Å². The summed E-state index contributed by atoms with van der Waals surface area (Å²) in [6.07, 6.45) is 2.76. The number of hydrogen-bond acceptors (Lipinski definition) is 3. The first-order chi connectivity index (χ1) is 13.5. The Hall–Kier alpha value is -3.21. The fourth-order valence-corrected chi connectivity index (χ4v) is 2.94. The molecule has 1 atom stereocenters. The molecule has 0 radical (unpaired) electrons. The molecule has 0 spiro atoms. The molecule has 4 nitrogen and oxygen atoms in total. The summed E-state index contributed by atoms with van der Waals surface area (Å²) in [7, 11) is 0. The number of amides is 1. The number of rotatable bonds is 7. The number of aryl methyl sites for hydroxylation is 1. The van der Waals surface area contributed by atoms with Crippen LogP contribution in [-0.2, 0) is 17.9 Å². The Kier molecular flexibility index (Phi) is 6.37. The van der Waals surface area contributed by atoms with Crippen LogP contribution in [0.15, 0.2) is 73.1 Å². The summed E-state index contributed by atoms with van der Waals surface area (Å²) in [6.45, 7) is 4.63. The molecule has 1 aromatic heterocycles. The van der Waals surface area contributed by atoms with E-state index in [0.717, 1.165) is 16.7 Å². The third-order valence-electron chi connectivity index (χ3n) is 4.50. The summed E-state index contributed by atoms with van der Waals surface area (Å²) < 4.78 is 18.8. The average Bonchev–Trinajstić information content (AvgIpc) is 2.71. The lowest BCUT2D eigenvalue weighted by Gasteiger charge is -2.27. The Labute approximate surface area is 164 Å². The lowest BCUT2D eigenvalue weighted by atomic mass is 10.1. The van der Waals surface area contributed by atoms with Gasteiger partial charge >= 0.3 is 0 Å². The maximum Gasteiger partial charge on any atom is 0.263 e. The second-order valence-electron chi connectivity index (χ2n) is 6.70. The average molecular weight is 378 g/mol.